The Morgan fingerprint density at radius 1 is 1.57 bits per heavy atom. The number of carbonyl (C=O) groups excluding carboxylic acids is 1. The Bertz CT molecular complexity index is 339. The maximum Gasteiger partial charge on any atom is 0.340 e. The predicted molar refractivity (Wildman–Crippen MR) is 55.2 cm³/mol. The summed E-state index contributed by atoms with van der Waals surface area (Å²) in [4.78, 5) is 11.0. The fourth-order valence-corrected chi connectivity index (χ4v) is 1.56. The summed E-state index contributed by atoms with van der Waals surface area (Å²) >= 11 is 3.26. The van der Waals surface area contributed by atoms with Crippen LogP contribution < -0.4 is 0 Å². The van der Waals surface area contributed by atoms with E-state index in [0.29, 0.717) is 0 Å². The number of hydrogen-bond acceptors (Lipinski definition) is 2. The lowest BCUT2D eigenvalue weighted by atomic mass is 10.1. The molecule has 4 heteroatoms. The monoisotopic (exact) mass is 260 g/mol. The molecule has 0 saturated carbocycles. The first-order valence-electron chi connectivity index (χ1n) is 4.11. The van der Waals surface area contributed by atoms with Gasteiger partial charge < -0.3 is 4.74 Å². The third-order valence-electron chi connectivity index (χ3n) is 1.82. The molecule has 0 amide bonds. The summed E-state index contributed by atoms with van der Waals surface area (Å²) in [7, 11) is 1.23. The second kappa shape index (κ2) is 5.10. The summed E-state index contributed by atoms with van der Waals surface area (Å²) in [6.45, 7) is 0. The number of halogens is 2. The molecule has 0 unspecified atom stereocenters. The second-order valence-electron chi connectivity index (χ2n) is 2.74. The molecule has 0 radical (unpaired) electrons. The summed E-state index contributed by atoms with van der Waals surface area (Å²) in [6.07, 6.45) is 0.734. The summed E-state index contributed by atoms with van der Waals surface area (Å²) in [6, 6.07) is 4.52. The van der Waals surface area contributed by atoms with E-state index in [1.165, 1.54) is 19.2 Å². The molecule has 1 aromatic carbocycles. The van der Waals surface area contributed by atoms with E-state index in [-0.39, 0.29) is 5.56 Å². The molecule has 0 fully saturated rings. The van der Waals surface area contributed by atoms with E-state index in [9.17, 15) is 9.18 Å². The number of aryl methyl sites for hydroxylation is 1. The minimum Gasteiger partial charge on any atom is -0.465 e. The van der Waals surface area contributed by atoms with Crippen LogP contribution in [0, 0.1) is 5.82 Å². The number of hydrogen-bond donors (Lipinski definition) is 0. The van der Waals surface area contributed by atoms with Crippen LogP contribution in [-0.2, 0) is 11.2 Å². The van der Waals surface area contributed by atoms with Crippen LogP contribution in [0.5, 0.6) is 0 Å². The lowest BCUT2D eigenvalue weighted by molar-refractivity contribution is 0.0595. The minimum atomic E-state index is -0.645. The first-order valence-corrected chi connectivity index (χ1v) is 5.24. The highest BCUT2D eigenvalue weighted by Crippen LogP contribution is 2.12. The molecule has 0 spiro atoms. The summed E-state index contributed by atoms with van der Waals surface area (Å²) in [5.74, 6) is -1.18. The van der Waals surface area contributed by atoms with Gasteiger partial charge in [0.2, 0.25) is 0 Å². The zero-order valence-corrected chi connectivity index (χ0v) is 9.30. The SMILES string of the molecule is COC(=O)c1ccc(CCBr)cc1F. The molecular formula is C10H10BrFO2. The fraction of sp³-hybridized carbons (Fsp3) is 0.300. The van der Waals surface area contributed by atoms with Gasteiger partial charge in [-0.2, -0.15) is 0 Å². The number of alkyl halides is 1. The lowest BCUT2D eigenvalue weighted by Crippen LogP contribution is -2.04. The molecule has 0 aromatic heterocycles. The number of methoxy groups -OCH3 is 1. The molecule has 76 valence electrons. The summed E-state index contributed by atoms with van der Waals surface area (Å²) in [5.41, 5.74) is 0.831. The van der Waals surface area contributed by atoms with Gasteiger partial charge in [-0.05, 0) is 24.1 Å². The van der Waals surface area contributed by atoms with Crippen molar-refractivity contribution in [3.63, 3.8) is 0 Å². The van der Waals surface area contributed by atoms with Crippen molar-refractivity contribution in [3.05, 3.63) is 35.1 Å². The third kappa shape index (κ3) is 2.54. The van der Waals surface area contributed by atoms with Gasteiger partial charge in [0.25, 0.3) is 0 Å². The van der Waals surface area contributed by atoms with Crippen LogP contribution in [0.15, 0.2) is 18.2 Å². The van der Waals surface area contributed by atoms with E-state index >= 15 is 0 Å². The molecule has 14 heavy (non-hydrogen) atoms. The lowest BCUT2D eigenvalue weighted by Gasteiger charge is -2.03. The van der Waals surface area contributed by atoms with Crippen molar-refractivity contribution in [2.24, 2.45) is 0 Å². The Balaban J connectivity index is 2.95. The van der Waals surface area contributed by atoms with Crippen molar-refractivity contribution in [1.82, 2.24) is 0 Å². The third-order valence-corrected chi connectivity index (χ3v) is 2.22. The van der Waals surface area contributed by atoms with Gasteiger partial charge in [0.05, 0.1) is 12.7 Å². The number of carbonyl (C=O) groups is 1. The first kappa shape index (κ1) is 11.2. The van der Waals surface area contributed by atoms with Crippen molar-refractivity contribution < 1.29 is 13.9 Å². The molecule has 1 aromatic rings. The largest absolute Gasteiger partial charge is 0.465 e. The van der Waals surface area contributed by atoms with E-state index in [1.54, 1.807) is 6.07 Å². The molecule has 0 heterocycles. The van der Waals surface area contributed by atoms with Gasteiger partial charge in [0.1, 0.15) is 5.82 Å². The highest BCUT2D eigenvalue weighted by molar-refractivity contribution is 9.09. The number of rotatable bonds is 3. The highest BCUT2D eigenvalue weighted by atomic mass is 79.9. The number of ether oxygens (including phenoxy) is 1. The average molecular weight is 261 g/mol. The summed E-state index contributed by atoms with van der Waals surface area (Å²) in [5, 5.41) is 0.768. The second-order valence-corrected chi connectivity index (χ2v) is 3.54. The Hall–Kier alpha value is -0.900. The molecule has 1 rings (SSSR count). The van der Waals surface area contributed by atoms with Crippen LogP contribution in [0.4, 0.5) is 4.39 Å². The van der Waals surface area contributed by atoms with E-state index in [2.05, 4.69) is 20.7 Å². The Morgan fingerprint density at radius 3 is 2.79 bits per heavy atom. The fourth-order valence-electron chi connectivity index (χ4n) is 1.10. The Morgan fingerprint density at radius 2 is 2.29 bits per heavy atom. The average Bonchev–Trinajstić information content (AvgIpc) is 2.17. The quantitative estimate of drug-likeness (QED) is 0.617. The van der Waals surface area contributed by atoms with E-state index in [1.807, 2.05) is 0 Å². The molecule has 0 aliphatic heterocycles. The zero-order valence-electron chi connectivity index (χ0n) is 7.72. The molecule has 0 saturated heterocycles. The maximum absolute atomic E-state index is 13.3. The van der Waals surface area contributed by atoms with Gasteiger partial charge in [0, 0.05) is 5.33 Å². The Labute approximate surface area is 90.2 Å². The van der Waals surface area contributed by atoms with E-state index in [4.69, 9.17) is 0 Å². The van der Waals surface area contributed by atoms with Crippen molar-refractivity contribution in [1.29, 1.82) is 0 Å². The molecule has 0 aliphatic rings. The Kier molecular flexibility index (Phi) is 4.07. The van der Waals surface area contributed by atoms with Crippen molar-refractivity contribution >= 4 is 21.9 Å². The maximum atomic E-state index is 13.3. The van der Waals surface area contributed by atoms with Gasteiger partial charge in [-0.15, -0.1) is 0 Å². The van der Waals surface area contributed by atoms with Crippen molar-refractivity contribution in [2.75, 3.05) is 12.4 Å². The predicted octanol–water partition coefficient (Wildman–Crippen LogP) is 2.55. The van der Waals surface area contributed by atoms with Crippen LogP contribution in [0.3, 0.4) is 0 Å². The normalized spacial score (nSPS) is 9.93. The van der Waals surface area contributed by atoms with Crippen molar-refractivity contribution in [2.45, 2.75) is 6.42 Å². The van der Waals surface area contributed by atoms with Crippen LogP contribution in [0.1, 0.15) is 15.9 Å². The molecule has 0 aliphatic carbocycles. The van der Waals surface area contributed by atoms with Crippen LogP contribution in [0.25, 0.3) is 0 Å². The van der Waals surface area contributed by atoms with E-state index < -0.39 is 11.8 Å². The van der Waals surface area contributed by atoms with Crippen LogP contribution >= 0.6 is 15.9 Å². The van der Waals surface area contributed by atoms with Crippen molar-refractivity contribution in [3.8, 4) is 0 Å². The van der Waals surface area contributed by atoms with E-state index in [0.717, 1.165) is 17.3 Å². The highest BCUT2D eigenvalue weighted by Gasteiger charge is 2.11. The summed E-state index contributed by atoms with van der Waals surface area (Å²) < 4.78 is 17.7. The van der Waals surface area contributed by atoms with Crippen LogP contribution in [-0.4, -0.2) is 18.4 Å². The van der Waals surface area contributed by atoms with Gasteiger partial charge in [-0.1, -0.05) is 22.0 Å². The van der Waals surface area contributed by atoms with Gasteiger partial charge in [-0.3, -0.25) is 0 Å². The van der Waals surface area contributed by atoms with Gasteiger partial charge in [-0.25, -0.2) is 9.18 Å². The van der Waals surface area contributed by atoms with Gasteiger partial charge >= 0.3 is 5.97 Å². The molecule has 0 atom stereocenters. The molecule has 2 nitrogen and oxygen atoms in total. The van der Waals surface area contributed by atoms with Gasteiger partial charge in [0.15, 0.2) is 0 Å². The zero-order chi connectivity index (χ0) is 10.6. The number of benzene rings is 1. The molecular weight excluding hydrogens is 251 g/mol. The molecule has 0 N–H and O–H groups in total. The topological polar surface area (TPSA) is 26.3 Å². The molecule has 0 bridgehead atoms. The minimum absolute atomic E-state index is 0.0224. The smallest absolute Gasteiger partial charge is 0.340 e. The first-order chi connectivity index (χ1) is 6.69. The number of esters is 1. The van der Waals surface area contributed by atoms with Crippen LogP contribution in [0.2, 0.25) is 0 Å². The standard InChI is InChI=1S/C10H10BrFO2/c1-14-10(13)8-3-2-7(4-5-11)6-9(8)12/h2-3,6H,4-5H2,1H3.